The van der Waals surface area contributed by atoms with E-state index in [0.717, 1.165) is 17.5 Å². The van der Waals surface area contributed by atoms with Crippen molar-refractivity contribution in [3.63, 3.8) is 0 Å². The third kappa shape index (κ3) is 4.70. The minimum atomic E-state index is -0.0201. The number of hydrogen-bond acceptors (Lipinski definition) is 3. The van der Waals surface area contributed by atoms with Gasteiger partial charge in [-0.3, -0.25) is 4.79 Å². The van der Waals surface area contributed by atoms with Crippen LogP contribution in [0, 0.1) is 17.3 Å². The summed E-state index contributed by atoms with van der Waals surface area (Å²) in [4.78, 5) is 15.3. The first-order valence-corrected chi connectivity index (χ1v) is 11.5. The molecule has 0 N–H and O–H groups in total. The van der Waals surface area contributed by atoms with Crippen molar-refractivity contribution in [2.24, 2.45) is 17.3 Å². The number of amides is 1. The fraction of sp³-hybridized carbons (Fsp3) is 0.519. The Kier molecular flexibility index (Phi) is 6.49. The third-order valence-corrected chi connectivity index (χ3v) is 7.18. The standard InChI is InChI=1S/C27H35NO3/c1-19(27(2,3)4)25-22-15-24(31-17-21-13-9-6-10-14-21)23(28(22)26(25)29)18-30-16-20-11-7-5-8-12-20/h5-14,19,22-25H,15-18H2,1-4H3/t19-,22+,23-,24-,25+/m0/s1. The molecule has 31 heavy (non-hydrogen) atoms. The maximum absolute atomic E-state index is 13.2. The number of fused-ring (bicyclic) bond motifs is 1. The van der Waals surface area contributed by atoms with E-state index < -0.39 is 0 Å². The minimum absolute atomic E-state index is 0.00194. The highest BCUT2D eigenvalue weighted by atomic mass is 16.5. The van der Waals surface area contributed by atoms with Crippen LogP contribution in [0.25, 0.3) is 0 Å². The normalized spacial score (nSPS) is 26.5. The lowest BCUT2D eigenvalue weighted by Crippen LogP contribution is -2.64. The van der Waals surface area contributed by atoms with Crippen LogP contribution in [-0.2, 0) is 27.5 Å². The lowest BCUT2D eigenvalue weighted by Gasteiger charge is -2.50. The maximum Gasteiger partial charge on any atom is 0.228 e. The van der Waals surface area contributed by atoms with Gasteiger partial charge in [-0.05, 0) is 28.9 Å². The number of benzene rings is 2. The van der Waals surface area contributed by atoms with Crippen molar-refractivity contribution in [3.8, 4) is 0 Å². The second-order valence-electron chi connectivity index (χ2n) is 10.1. The summed E-state index contributed by atoms with van der Waals surface area (Å²) >= 11 is 0. The number of rotatable bonds is 8. The quantitative estimate of drug-likeness (QED) is 0.559. The van der Waals surface area contributed by atoms with Gasteiger partial charge in [-0.25, -0.2) is 0 Å². The van der Waals surface area contributed by atoms with Gasteiger partial charge in [-0.2, -0.15) is 0 Å². The molecule has 2 saturated heterocycles. The Balaban J connectivity index is 1.44. The van der Waals surface area contributed by atoms with Crippen LogP contribution in [0.2, 0.25) is 0 Å². The van der Waals surface area contributed by atoms with E-state index in [4.69, 9.17) is 9.47 Å². The highest BCUT2D eigenvalue weighted by molar-refractivity contribution is 5.87. The lowest BCUT2D eigenvalue weighted by molar-refractivity contribution is -0.165. The van der Waals surface area contributed by atoms with Crippen molar-refractivity contribution < 1.29 is 14.3 Å². The van der Waals surface area contributed by atoms with E-state index >= 15 is 0 Å². The van der Waals surface area contributed by atoms with Gasteiger partial charge >= 0.3 is 0 Å². The number of ether oxygens (including phenoxy) is 2. The van der Waals surface area contributed by atoms with Crippen molar-refractivity contribution in [1.82, 2.24) is 4.90 Å². The van der Waals surface area contributed by atoms with Crippen LogP contribution in [0.15, 0.2) is 60.7 Å². The molecule has 0 aromatic heterocycles. The summed E-state index contributed by atoms with van der Waals surface area (Å²) in [7, 11) is 0. The molecule has 4 nitrogen and oxygen atoms in total. The van der Waals surface area contributed by atoms with E-state index in [1.807, 2.05) is 36.4 Å². The molecular formula is C27H35NO3. The van der Waals surface area contributed by atoms with Crippen LogP contribution in [-0.4, -0.2) is 35.6 Å². The van der Waals surface area contributed by atoms with E-state index in [2.05, 4.69) is 56.9 Å². The van der Waals surface area contributed by atoms with Crippen molar-refractivity contribution in [2.75, 3.05) is 6.61 Å². The SMILES string of the molecule is C[C@@H]([C@H]1C(=O)N2[C@@H]1C[C@H](OCc1ccccc1)[C@@H]2COCc1ccccc1)C(C)(C)C. The number of carbonyl (C=O) groups excluding carboxylic acids is 1. The van der Waals surface area contributed by atoms with Crippen molar-refractivity contribution in [3.05, 3.63) is 71.8 Å². The van der Waals surface area contributed by atoms with Gasteiger partial charge < -0.3 is 14.4 Å². The smallest absolute Gasteiger partial charge is 0.228 e. The summed E-state index contributed by atoms with van der Waals surface area (Å²) in [5.74, 6) is 0.688. The first-order valence-electron chi connectivity index (χ1n) is 11.5. The highest BCUT2D eigenvalue weighted by Crippen LogP contribution is 2.48. The molecule has 166 valence electrons. The van der Waals surface area contributed by atoms with Gasteiger partial charge in [-0.1, -0.05) is 88.4 Å². The zero-order valence-electron chi connectivity index (χ0n) is 19.2. The third-order valence-electron chi connectivity index (χ3n) is 7.18. The molecule has 1 amide bonds. The lowest BCUT2D eigenvalue weighted by atomic mass is 9.67. The molecule has 0 bridgehead atoms. The fourth-order valence-electron chi connectivity index (χ4n) is 4.94. The van der Waals surface area contributed by atoms with Crippen molar-refractivity contribution in [1.29, 1.82) is 0 Å². The Labute approximate surface area is 186 Å². The molecule has 2 fully saturated rings. The Morgan fingerprint density at radius 1 is 0.968 bits per heavy atom. The Bertz CT molecular complexity index is 861. The van der Waals surface area contributed by atoms with Gasteiger partial charge in [0, 0.05) is 6.04 Å². The van der Waals surface area contributed by atoms with Crippen LogP contribution >= 0.6 is 0 Å². The molecule has 0 radical (unpaired) electrons. The van der Waals surface area contributed by atoms with Gasteiger partial charge in [0.25, 0.3) is 0 Å². The zero-order chi connectivity index (χ0) is 22.0. The van der Waals surface area contributed by atoms with E-state index in [1.165, 1.54) is 0 Å². The summed E-state index contributed by atoms with van der Waals surface area (Å²) in [5.41, 5.74) is 2.41. The average molecular weight is 422 g/mol. The van der Waals surface area contributed by atoms with Gasteiger partial charge in [0.2, 0.25) is 5.91 Å². The molecular weight excluding hydrogens is 386 g/mol. The summed E-state index contributed by atoms with van der Waals surface area (Å²) in [5, 5.41) is 0. The number of hydrogen-bond donors (Lipinski definition) is 0. The largest absolute Gasteiger partial charge is 0.375 e. The maximum atomic E-state index is 13.2. The first-order chi connectivity index (χ1) is 14.9. The van der Waals surface area contributed by atoms with Crippen LogP contribution in [0.1, 0.15) is 45.2 Å². The van der Waals surface area contributed by atoms with Crippen molar-refractivity contribution >= 4 is 5.91 Å². The minimum Gasteiger partial charge on any atom is -0.375 e. The van der Waals surface area contributed by atoms with Gasteiger partial charge in [0.05, 0.1) is 37.9 Å². The molecule has 0 saturated carbocycles. The molecule has 2 aromatic rings. The topological polar surface area (TPSA) is 38.8 Å². The Hall–Kier alpha value is -2.17. The average Bonchev–Trinajstić information content (AvgIpc) is 3.06. The van der Waals surface area contributed by atoms with E-state index in [1.54, 1.807) is 0 Å². The van der Waals surface area contributed by atoms with Crippen LogP contribution in [0.3, 0.4) is 0 Å². The van der Waals surface area contributed by atoms with Gasteiger partial charge in [0.15, 0.2) is 0 Å². The molecule has 4 heteroatoms. The first kappa shape index (κ1) is 22.0. The van der Waals surface area contributed by atoms with Crippen molar-refractivity contribution in [2.45, 2.75) is 65.5 Å². The molecule has 2 aliphatic rings. The van der Waals surface area contributed by atoms with Gasteiger partial charge in [-0.15, -0.1) is 0 Å². The van der Waals surface area contributed by atoms with E-state index in [-0.39, 0.29) is 35.4 Å². The second-order valence-corrected chi connectivity index (χ2v) is 10.1. The molecule has 0 aliphatic carbocycles. The second kappa shape index (κ2) is 9.13. The zero-order valence-corrected chi connectivity index (χ0v) is 19.2. The number of β-lactam (4-membered cyclic amide) rings is 1. The molecule has 5 atom stereocenters. The molecule has 2 aromatic carbocycles. The highest BCUT2D eigenvalue weighted by Gasteiger charge is 2.60. The Morgan fingerprint density at radius 3 is 2.13 bits per heavy atom. The molecule has 0 spiro atoms. The van der Waals surface area contributed by atoms with E-state index in [0.29, 0.717) is 25.7 Å². The fourth-order valence-corrected chi connectivity index (χ4v) is 4.94. The molecule has 2 aliphatic heterocycles. The predicted octanol–water partition coefficient (Wildman–Crippen LogP) is 5.07. The van der Waals surface area contributed by atoms with Crippen LogP contribution < -0.4 is 0 Å². The van der Waals surface area contributed by atoms with Gasteiger partial charge in [0.1, 0.15) is 0 Å². The molecule has 0 unspecified atom stereocenters. The summed E-state index contributed by atoms with van der Waals surface area (Å²) < 4.78 is 12.4. The monoisotopic (exact) mass is 421 g/mol. The van der Waals surface area contributed by atoms with Crippen LogP contribution in [0.4, 0.5) is 0 Å². The van der Waals surface area contributed by atoms with Crippen LogP contribution in [0.5, 0.6) is 0 Å². The van der Waals surface area contributed by atoms with E-state index in [9.17, 15) is 4.79 Å². The Morgan fingerprint density at radius 2 is 1.55 bits per heavy atom. The summed E-state index contributed by atoms with van der Waals surface area (Å²) in [6.07, 6.45) is 0.894. The summed E-state index contributed by atoms with van der Waals surface area (Å²) in [6.45, 7) is 10.5. The molecule has 2 heterocycles. The predicted molar refractivity (Wildman–Crippen MR) is 122 cm³/mol. The summed E-state index contributed by atoms with van der Waals surface area (Å²) in [6, 6.07) is 20.7. The number of carbonyl (C=O) groups is 1. The molecule has 4 rings (SSSR count). The number of nitrogens with zero attached hydrogens (tertiary/aromatic N) is 1.